The SMILES string of the molecule is O=C(/C=C/c1ccccc1OC(F)F)Nc1nc2c(s1)CN(Cc1ccccc1)CC2. The van der Waals surface area contributed by atoms with E-state index in [9.17, 15) is 13.6 Å². The van der Waals surface area contributed by atoms with E-state index in [1.807, 2.05) is 18.2 Å². The number of hydrogen-bond acceptors (Lipinski definition) is 5. The van der Waals surface area contributed by atoms with Crippen LogP contribution < -0.4 is 10.1 Å². The molecule has 0 saturated heterocycles. The molecule has 160 valence electrons. The van der Waals surface area contributed by atoms with Crippen LogP contribution >= 0.6 is 11.3 Å². The number of para-hydroxylation sites is 1. The molecular formula is C23H21F2N3O2S. The summed E-state index contributed by atoms with van der Waals surface area (Å²) in [6.45, 7) is -0.333. The Morgan fingerprint density at radius 1 is 1.19 bits per heavy atom. The standard InChI is InChI=1S/C23H21F2N3O2S/c24-22(25)30-19-9-5-4-8-17(19)10-11-21(29)27-23-26-18-12-13-28(15-20(18)31-23)14-16-6-2-1-3-7-16/h1-11,22H,12-15H2,(H,26,27,29)/b11-10+. The van der Waals surface area contributed by atoms with Gasteiger partial charge in [-0.05, 0) is 17.7 Å². The summed E-state index contributed by atoms with van der Waals surface area (Å²) in [5.41, 5.74) is 2.68. The van der Waals surface area contributed by atoms with E-state index < -0.39 is 6.61 Å². The summed E-state index contributed by atoms with van der Waals surface area (Å²) in [4.78, 5) is 20.4. The third kappa shape index (κ3) is 5.74. The van der Waals surface area contributed by atoms with E-state index in [0.29, 0.717) is 10.7 Å². The third-order valence-corrected chi connectivity index (χ3v) is 5.84. The van der Waals surface area contributed by atoms with Crippen molar-refractivity contribution < 1.29 is 18.3 Å². The first-order chi connectivity index (χ1) is 15.1. The number of alkyl halides is 2. The lowest BCUT2D eigenvalue weighted by Crippen LogP contribution is -2.29. The van der Waals surface area contributed by atoms with Crippen molar-refractivity contribution in [3.8, 4) is 5.75 Å². The number of halogens is 2. The van der Waals surface area contributed by atoms with Crippen LogP contribution in [0.4, 0.5) is 13.9 Å². The largest absolute Gasteiger partial charge is 0.434 e. The number of ether oxygens (including phenoxy) is 1. The molecule has 2 heterocycles. The Kier molecular flexibility index (Phi) is 6.69. The number of amides is 1. The van der Waals surface area contributed by atoms with E-state index in [2.05, 4.69) is 32.1 Å². The molecule has 5 nitrogen and oxygen atoms in total. The molecule has 4 rings (SSSR count). The van der Waals surface area contributed by atoms with Gasteiger partial charge in [-0.1, -0.05) is 48.5 Å². The summed E-state index contributed by atoms with van der Waals surface area (Å²) in [5.74, 6) is -0.358. The third-order valence-electron chi connectivity index (χ3n) is 4.84. The summed E-state index contributed by atoms with van der Waals surface area (Å²) in [5, 5.41) is 3.31. The molecule has 1 amide bonds. The molecule has 0 fully saturated rings. The lowest BCUT2D eigenvalue weighted by molar-refractivity contribution is -0.111. The van der Waals surface area contributed by atoms with Crippen LogP contribution in [0.15, 0.2) is 60.7 Å². The number of hydrogen-bond donors (Lipinski definition) is 1. The van der Waals surface area contributed by atoms with Crippen LogP contribution in [0.3, 0.4) is 0 Å². The van der Waals surface area contributed by atoms with Crippen LogP contribution in [0.25, 0.3) is 6.08 Å². The quantitative estimate of drug-likeness (QED) is 0.527. The Balaban J connectivity index is 1.37. The van der Waals surface area contributed by atoms with Crippen molar-refractivity contribution in [1.82, 2.24) is 9.88 Å². The van der Waals surface area contributed by atoms with Gasteiger partial charge < -0.3 is 4.74 Å². The van der Waals surface area contributed by atoms with Crippen molar-refractivity contribution in [2.24, 2.45) is 0 Å². The average Bonchev–Trinajstić information content (AvgIpc) is 3.15. The van der Waals surface area contributed by atoms with Gasteiger partial charge in [-0.2, -0.15) is 8.78 Å². The number of fused-ring (bicyclic) bond motifs is 1. The Labute approximate surface area is 183 Å². The van der Waals surface area contributed by atoms with E-state index in [1.54, 1.807) is 18.2 Å². The maximum atomic E-state index is 12.5. The predicted octanol–water partition coefficient (Wildman–Crippen LogP) is 4.95. The summed E-state index contributed by atoms with van der Waals surface area (Å²) in [6.07, 6.45) is 3.57. The zero-order valence-corrected chi connectivity index (χ0v) is 17.4. The van der Waals surface area contributed by atoms with Crippen molar-refractivity contribution in [3.63, 3.8) is 0 Å². The monoisotopic (exact) mass is 441 g/mol. The van der Waals surface area contributed by atoms with Gasteiger partial charge in [0.05, 0.1) is 5.69 Å². The Morgan fingerprint density at radius 2 is 1.97 bits per heavy atom. The van der Waals surface area contributed by atoms with Crippen LogP contribution in [-0.4, -0.2) is 28.9 Å². The van der Waals surface area contributed by atoms with Crippen molar-refractivity contribution in [3.05, 3.63) is 82.4 Å². The molecule has 1 aliphatic rings. The van der Waals surface area contributed by atoms with Crippen LogP contribution in [0, 0.1) is 0 Å². The molecule has 0 unspecified atom stereocenters. The van der Waals surface area contributed by atoms with Crippen LogP contribution in [0.2, 0.25) is 0 Å². The minimum Gasteiger partial charge on any atom is -0.434 e. The lowest BCUT2D eigenvalue weighted by atomic mass is 10.1. The Morgan fingerprint density at radius 3 is 2.77 bits per heavy atom. The van der Waals surface area contributed by atoms with E-state index >= 15 is 0 Å². The van der Waals surface area contributed by atoms with Crippen molar-refractivity contribution in [1.29, 1.82) is 0 Å². The van der Waals surface area contributed by atoms with Crippen LogP contribution in [-0.2, 0) is 24.3 Å². The molecule has 1 N–H and O–H groups in total. The van der Waals surface area contributed by atoms with Crippen molar-refractivity contribution >= 4 is 28.5 Å². The zero-order chi connectivity index (χ0) is 21.6. The van der Waals surface area contributed by atoms with Gasteiger partial charge in [0.1, 0.15) is 5.75 Å². The topological polar surface area (TPSA) is 54.5 Å². The second kappa shape index (κ2) is 9.80. The molecule has 2 aromatic carbocycles. The highest BCUT2D eigenvalue weighted by Gasteiger charge is 2.21. The highest BCUT2D eigenvalue weighted by Crippen LogP contribution is 2.29. The molecule has 0 saturated carbocycles. The van der Waals surface area contributed by atoms with Gasteiger partial charge in [-0.25, -0.2) is 4.98 Å². The second-order valence-corrected chi connectivity index (χ2v) is 8.16. The molecule has 0 atom stereocenters. The molecule has 1 aliphatic heterocycles. The van der Waals surface area contributed by atoms with E-state index in [1.165, 1.54) is 35.1 Å². The molecular weight excluding hydrogens is 420 g/mol. The fourth-order valence-electron chi connectivity index (χ4n) is 3.41. The van der Waals surface area contributed by atoms with Gasteiger partial charge in [-0.3, -0.25) is 15.0 Å². The van der Waals surface area contributed by atoms with Crippen LogP contribution in [0.5, 0.6) is 5.75 Å². The smallest absolute Gasteiger partial charge is 0.387 e. The van der Waals surface area contributed by atoms with Gasteiger partial charge in [0.25, 0.3) is 0 Å². The molecule has 0 spiro atoms. The van der Waals surface area contributed by atoms with Crippen molar-refractivity contribution in [2.75, 3.05) is 11.9 Å². The molecule has 8 heteroatoms. The first-order valence-electron chi connectivity index (χ1n) is 9.84. The molecule has 0 radical (unpaired) electrons. The highest BCUT2D eigenvalue weighted by atomic mass is 32.1. The molecule has 0 aliphatic carbocycles. The molecule has 3 aromatic rings. The van der Waals surface area contributed by atoms with E-state index in [4.69, 9.17) is 0 Å². The van der Waals surface area contributed by atoms with Crippen LogP contribution in [0.1, 0.15) is 21.7 Å². The Bertz CT molecular complexity index is 1070. The van der Waals surface area contributed by atoms with E-state index in [-0.39, 0.29) is 11.7 Å². The van der Waals surface area contributed by atoms with Gasteiger partial charge in [0.15, 0.2) is 5.13 Å². The molecule has 1 aromatic heterocycles. The van der Waals surface area contributed by atoms with Crippen molar-refractivity contribution in [2.45, 2.75) is 26.1 Å². The number of nitrogens with zero attached hydrogens (tertiary/aromatic N) is 2. The fraction of sp³-hybridized carbons (Fsp3) is 0.217. The first-order valence-corrected chi connectivity index (χ1v) is 10.7. The molecule has 31 heavy (non-hydrogen) atoms. The maximum Gasteiger partial charge on any atom is 0.387 e. The number of rotatable bonds is 7. The number of carbonyl (C=O) groups excluding carboxylic acids is 1. The number of aromatic nitrogens is 1. The normalized spacial score (nSPS) is 14.0. The minimum atomic E-state index is -2.92. The van der Waals surface area contributed by atoms with Gasteiger partial charge >= 0.3 is 6.61 Å². The number of benzene rings is 2. The number of carbonyl (C=O) groups is 1. The average molecular weight is 442 g/mol. The maximum absolute atomic E-state index is 12.5. The highest BCUT2D eigenvalue weighted by molar-refractivity contribution is 7.15. The predicted molar refractivity (Wildman–Crippen MR) is 117 cm³/mol. The minimum absolute atomic E-state index is 0.0183. The lowest BCUT2D eigenvalue weighted by Gasteiger charge is -2.25. The summed E-state index contributed by atoms with van der Waals surface area (Å²) in [7, 11) is 0. The zero-order valence-electron chi connectivity index (χ0n) is 16.6. The summed E-state index contributed by atoms with van der Waals surface area (Å²) in [6, 6.07) is 16.6. The summed E-state index contributed by atoms with van der Waals surface area (Å²) < 4.78 is 29.5. The van der Waals surface area contributed by atoms with Gasteiger partial charge in [0.2, 0.25) is 5.91 Å². The van der Waals surface area contributed by atoms with Gasteiger partial charge in [-0.15, -0.1) is 11.3 Å². The van der Waals surface area contributed by atoms with Gasteiger partial charge in [0, 0.05) is 42.6 Å². The fourth-order valence-corrected chi connectivity index (χ4v) is 4.47. The summed E-state index contributed by atoms with van der Waals surface area (Å²) >= 11 is 1.47. The number of thiazole rings is 1. The first kappa shape index (κ1) is 21.1. The number of nitrogens with one attached hydrogen (secondary N) is 1. The van der Waals surface area contributed by atoms with E-state index in [0.717, 1.165) is 36.6 Å². The molecule has 0 bridgehead atoms. The second-order valence-electron chi connectivity index (χ2n) is 7.07. The number of anilines is 1. The Hall–Kier alpha value is -3.10.